The van der Waals surface area contributed by atoms with Gasteiger partial charge < -0.3 is 4.42 Å². The van der Waals surface area contributed by atoms with E-state index < -0.39 is 5.76 Å². The number of rotatable bonds is 0. The van der Waals surface area contributed by atoms with E-state index in [1.54, 1.807) is 0 Å². The average molecular weight is 192 g/mol. The minimum absolute atomic E-state index is 0.0377. The molecular formula is C10H12N2O2. The van der Waals surface area contributed by atoms with E-state index in [2.05, 4.69) is 30.7 Å². The average Bonchev–Trinajstić information content (AvgIpc) is 2.41. The molecular weight excluding hydrogens is 180 g/mol. The minimum atomic E-state index is -0.460. The number of oxazole rings is 1. The van der Waals surface area contributed by atoms with Crippen LogP contribution in [-0.4, -0.2) is 9.97 Å². The van der Waals surface area contributed by atoms with Gasteiger partial charge >= 0.3 is 5.76 Å². The second-order valence-corrected chi connectivity index (χ2v) is 4.31. The first-order valence-electron chi connectivity index (χ1n) is 4.47. The lowest BCUT2D eigenvalue weighted by Gasteiger charge is -2.16. The molecule has 2 rings (SSSR count). The van der Waals surface area contributed by atoms with Crippen LogP contribution in [0.3, 0.4) is 0 Å². The third-order valence-corrected chi connectivity index (χ3v) is 2.05. The summed E-state index contributed by atoms with van der Waals surface area (Å²) in [5.74, 6) is -0.460. The van der Waals surface area contributed by atoms with Gasteiger partial charge in [0.2, 0.25) is 5.71 Å². The lowest BCUT2D eigenvalue weighted by atomic mass is 9.92. The third-order valence-electron chi connectivity index (χ3n) is 2.05. The van der Waals surface area contributed by atoms with Gasteiger partial charge in [0.25, 0.3) is 0 Å². The van der Waals surface area contributed by atoms with Crippen LogP contribution in [0, 0.1) is 0 Å². The normalized spacial score (nSPS) is 12.2. The van der Waals surface area contributed by atoms with Crippen LogP contribution in [0.2, 0.25) is 0 Å². The lowest BCUT2D eigenvalue weighted by molar-refractivity contribution is 0.529. The molecule has 14 heavy (non-hydrogen) atoms. The Morgan fingerprint density at radius 3 is 2.71 bits per heavy atom. The van der Waals surface area contributed by atoms with E-state index in [1.165, 1.54) is 0 Å². The van der Waals surface area contributed by atoms with Crippen LogP contribution in [0.1, 0.15) is 26.5 Å². The SMILES string of the molecule is CC(C)(C)c1ccc2[nH]c(=O)oc2n1. The van der Waals surface area contributed by atoms with E-state index in [1.807, 2.05) is 12.1 Å². The Balaban J connectivity index is 2.67. The highest BCUT2D eigenvalue weighted by molar-refractivity contribution is 5.67. The first kappa shape index (κ1) is 8.99. The standard InChI is InChI=1S/C10H12N2O2/c1-10(2,3)7-5-4-6-8(12-7)14-9(13)11-6/h4-5H,1-3H3,(H,11,13). The molecule has 0 spiro atoms. The molecule has 1 N–H and O–H groups in total. The summed E-state index contributed by atoms with van der Waals surface area (Å²) in [5, 5.41) is 0. The number of H-pyrrole nitrogens is 1. The summed E-state index contributed by atoms with van der Waals surface area (Å²) in [6, 6.07) is 3.71. The van der Waals surface area contributed by atoms with Crippen molar-refractivity contribution < 1.29 is 4.42 Å². The molecule has 0 atom stereocenters. The molecule has 0 aliphatic heterocycles. The molecule has 0 saturated carbocycles. The zero-order chi connectivity index (χ0) is 10.3. The van der Waals surface area contributed by atoms with E-state index in [0.29, 0.717) is 11.2 Å². The number of aromatic amines is 1. The first-order chi connectivity index (χ1) is 6.47. The predicted octanol–water partition coefficient (Wildman–Crippen LogP) is 1.81. The van der Waals surface area contributed by atoms with E-state index >= 15 is 0 Å². The summed E-state index contributed by atoms with van der Waals surface area (Å²) in [4.78, 5) is 17.7. The number of aromatic nitrogens is 2. The van der Waals surface area contributed by atoms with Gasteiger partial charge in [0.15, 0.2) is 0 Å². The first-order valence-corrected chi connectivity index (χ1v) is 4.47. The van der Waals surface area contributed by atoms with Gasteiger partial charge in [0.05, 0.1) is 0 Å². The summed E-state index contributed by atoms with van der Waals surface area (Å²) in [5.41, 5.74) is 1.89. The van der Waals surface area contributed by atoms with Crippen LogP contribution < -0.4 is 5.76 Å². The molecule has 74 valence electrons. The van der Waals surface area contributed by atoms with Crippen LogP contribution in [0.5, 0.6) is 0 Å². The van der Waals surface area contributed by atoms with E-state index in [0.717, 1.165) is 5.69 Å². The Morgan fingerprint density at radius 1 is 1.36 bits per heavy atom. The van der Waals surface area contributed by atoms with Crippen LogP contribution in [0.4, 0.5) is 0 Å². The minimum Gasteiger partial charge on any atom is -0.389 e. The number of fused-ring (bicyclic) bond motifs is 1. The van der Waals surface area contributed by atoms with Gasteiger partial charge in [-0.1, -0.05) is 20.8 Å². The molecule has 0 amide bonds. The number of nitrogens with one attached hydrogen (secondary N) is 1. The second kappa shape index (κ2) is 2.70. The van der Waals surface area contributed by atoms with Crippen LogP contribution >= 0.6 is 0 Å². The van der Waals surface area contributed by atoms with Crippen molar-refractivity contribution in [1.29, 1.82) is 0 Å². The molecule has 0 unspecified atom stereocenters. The van der Waals surface area contributed by atoms with E-state index in [-0.39, 0.29) is 5.41 Å². The van der Waals surface area contributed by atoms with Gasteiger partial charge in [-0.05, 0) is 12.1 Å². The summed E-state index contributed by atoms with van der Waals surface area (Å²) in [7, 11) is 0. The summed E-state index contributed by atoms with van der Waals surface area (Å²) in [6.07, 6.45) is 0. The van der Waals surface area contributed by atoms with Crippen molar-refractivity contribution in [2.24, 2.45) is 0 Å². The number of hydrogen-bond donors (Lipinski definition) is 1. The quantitative estimate of drug-likeness (QED) is 0.692. The lowest BCUT2D eigenvalue weighted by Crippen LogP contribution is -2.12. The van der Waals surface area contributed by atoms with Crippen molar-refractivity contribution in [3.8, 4) is 0 Å². The number of hydrogen-bond acceptors (Lipinski definition) is 3. The number of pyridine rings is 1. The van der Waals surface area contributed by atoms with Crippen LogP contribution in [0.15, 0.2) is 21.3 Å². The molecule has 0 fully saturated rings. The third kappa shape index (κ3) is 1.43. The largest absolute Gasteiger partial charge is 0.418 e. The van der Waals surface area contributed by atoms with Crippen molar-refractivity contribution in [3.63, 3.8) is 0 Å². The molecule has 0 aromatic carbocycles. The molecule has 0 bridgehead atoms. The molecule has 0 radical (unpaired) electrons. The highest BCUT2D eigenvalue weighted by Crippen LogP contribution is 2.21. The molecule has 0 saturated heterocycles. The Labute approximate surface area is 81.0 Å². The zero-order valence-electron chi connectivity index (χ0n) is 8.42. The fourth-order valence-electron chi connectivity index (χ4n) is 1.25. The molecule has 2 aromatic heterocycles. The summed E-state index contributed by atoms with van der Waals surface area (Å²) < 4.78 is 4.88. The van der Waals surface area contributed by atoms with Gasteiger partial charge in [-0.25, -0.2) is 9.78 Å². The predicted molar refractivity (Wildman–Crippen MR) is 53.3 cm³/mol. The van der Waals surface area contributed by atoms with E-state index in [9.17, 15) is 4.79 Å². The molecule has 2 aromatic rings. The molecule has 4 heteroatoms. The Hall–Kier alpha value is -1.58. The van der Waals surface area contributed by atoms with Gasteiger partial charge in [-0.15, -0.1) is 0 Å². The smallest absolute Gasteiger partial charge is 0.389 e. The van der Waals surface area contributed by atoms with Crippen molar-refractivity contribution in [2.75, 3.05) is 0 Å². The molecule has 4 nitrogen and oxygen atoms in total. The zero-order valence-corrected chi connectivity index (χ0v) is 8.42. The highest BCUT2D eigenvalue weighted by atomic mass is 16.4. The molecule has 0 aliphatic carbocycles. The molecule has 0 aliphatic rings. The van der Waals surface area contributed by atoms with Gasteiger partial charge in [-0.2, -0.15) is 0 Å². The maximum atomic E-state index is 10.9. The second-order valence-electron chi connectivity index (χ2n) is 4.31. The topological polar surface area (TPSA) is 58.9 Å². The Kier molecular flexibility index (Phi) is 1.74. The monoisotopic (exact) mass is 192 g/mol. The maximum Gasteiger partial charge on any atom is 0.418 e. The highest BCUT2D eigenvalue weighted by Gasteiger charge is 2.16. The van der Waals surface area contributed by atoms with Crippen molar-refractivity contribution in [2.45, 2.75) is 26.2 Å². The van der Waals surface area contributed by atoms with Crippen LogP contribution in [-0.2, 0) is 5.41 Å². The van der Waals surface area contributed by atoms with Crippen molar-refractivity contribution >= 4 is 11.2 Å². The fourth-order valence-corrected chi connectivity index (χ4v) is 1.25. The Bertz CT molecular complexity index is 517. The summed E-state index contributed by atoms with van der Waals surface area (Å²) >= 11 is 0. The van der Waals surface area contributed by atoms with Crippen molar-refractivity contribution in [3.05, 3.63) is 28.4 Å². The van der Waals surface area contributed by atoms with E-state index in [4.69, 9.17) is 4.42 Å². The van der Waals surface area contributed by atoms with Gasteiger partial charge in [0.1, 0.15) is 5.52 Å². The van der Waals surface area contributed by atoms with Crippen molar-refractivity contribution in [1.82, 2.24) is 9.97 Å². The fraction of sp³-hybridized carbons (Fsp3) is 0.400. The summed E-state index contributed by atoms with van der Waals surface area (Å²) in [6.45, 7) is 6.18. The van der Waals surface area contributed by atoms with Gasteiger partial charge in [0, 0.05) is 11.1 Å². The molecule has 2 heterocycles. The van der Waals surface area contributed by atoms with Gasteiger partial charge in [-0.3, -0.25) is 4.98 Å². The maximum absolute atomic E-state index is 10.9. The number of nitrogens with zero attached hydrogens (tertiary/aromatic N) is 1. The van der Waals surface area contributed by atoms with Crippen LogP contribution in [0.25, 0.3) is 11.2 Å². The Morgan fingerprint density at radius 2 is 2.07 bits per heavy atom.